The van der Waals surface area contributed by atoms with Crippen molar-refractivity contribution in [1.82, 2.24) is 0 Å². The molecule has 1 aliphatic rings. The summed E-state index contributed by atoms with van der Waals surface area (Å²) in [6, 6.07) is 14.9. The largest absolute Gasteiger partial charge is 0.462 e. The number of esters is 1. The van der Waals surface area contributed by atoms with E-state index in [-0.39, 0.29) is 30.5 Å². The van der Waals surface area contributed by atoms with Crippen LogP contribution in [0.5, 0.6) is 0 Å². The number of alkyl halides is 3. The highest BCUT2D eigenvalue weighted by Crippen LogP contribution is 2.40. The minimum atomic E-state index is -4.35. The average Bonchev–Trinajstić information content (AvgIpc) is 3.14. The first-order valence-corrected chi connectivity index (χ1v) is 9.92. The van der Waals surface area contributed by atoms with E-state index in [4.69, 9.17) is 9.47 Å². The number of allylic oxidation sites excluding steroid dienone is 1. The first-order chi connectivity index (χ1) is 14.3. The molecule has 3 rings (SSSR count). The summed E-state index contributed by atoms with van der Waals surface area (Å²) in [4.78, 5) is 12.1. The number of carbonyl (C=O) groups excluding carboxylic acids is 1. The number of hydrogen-bond donors (Lipinski definition) is 0. The fraction of sp³-hybridized carbons (Fsp3) is 0.375. The molecule has 3 nitrogen and oxygen atoms in total. The number of benzene rings is 2. The van der Waals surface area contributed by atoms with Crippen LogP contribution in [0.1, 0.15) is 36.6 Å². The van der Waals surface area contributed by atoms with E-state index in [1.165, 1.54) is 12.1 Å². The fourth-order valence-electron chi connectivity index (χ4n) is 3.68. The topological polar surface area (TPSA) is 35.5 Å². The highest BCUT2D eigenvalue weighted by Gasteiger charge is 2.39. The normalized spacial score (nSPS) is 22.2. The van der Waals surface area contributed by atoms with Crippen molar-refractivity contribution in [1.29, 1.82) is 0 Å². The molecule has 0 spiro atoms. The lowest BCUT2D eigenvalue weighted by molar-refractivity contribution is -0.141. The fourth-order valence-corrected chi connectivity index (χ4v) is 3.68. The van der Waals surface area contributed by atoms with Crippen molar-refractivity contribution >= 4 is 5.97 Å². The van der Waals surface area contributed by atoms with E-state index in [2.05, 4.69) is 0 Å². The standard InChI is InChI=1S/C24H25F3O3/c1-3-16(2)23(28)30-15-21-19(14-29-22(21)18-7-5-4-6-8-18)13-17-9-11-20(12-10-17)24(25,26)27/h3-12,19,21-22H,13-15H2,1-2H3/b16-3-/t19-,21-,22+/m0/s1. The van der Waals surface area contributed by atoms with Gasteiger partial charge in [0.15, 0.2) is 0 Å². The summed E-state index contributed by atoms with van der Waals surface area (Å²) in [6.45, 7) is 4.11. The van der Waals surface area contributed by atoms with Crippen molar-refractivity contribution in [2.24, 2.45) is 11.8 Å². The van der Waals surface area contributed by atoms with Gasteiger partial charge < -0.3 is 9.47 Å². The Hall–Kier alpha value is -2.60. The van der Waals surface area contributed by atoms with E-state index in [1.54, 1.807) is 19.9 Å². The van der Waals surface area contributed by atoms with Crippen LogP contribution in [0.2, 0.25) is 0 Å². The number of rotatable bonds is 6. The van der Waals surface area contributed by atoms with Crippen LogP contribution in [0.15, 0.2) is 66.2 Å². The van der Waals surface area contributed by atoms with E-state index in [0.29, 0.717) is 18.6 Å². The van der Waals surface area contributed by atoms with E-state index in [1.807, 2.05) is 30.3 Å². The summed E-state index contributed by atoms with van der Waals surface area (Å²) in [5.41, 5.74) is 1.66. The Morgan fingerprint density at radius 1 is 1.13 bits per heavy atom. The molecule has 0 N–H and O–H groups in total. The highest BCUT2D eigenvalue weighted by atomic mass is 19.4. The Balaban J connectivity index is 1.76. The van der Waals surface area contributed by atoms with Crippen LogP contribution < -0.4 is 0 Å². The molecule has 30 heavy (non-hydrogen) atoms. The second kappa shape index (κ2) is 9.47. The molecule has 1 fully saturated rings. The number of hydrogen-bond acceptors (Lipinski definition) is 3. The molecule has 0 amide bonds. The maximum absolute atomic E-state index is 12.8. The summed E-state index contributed by atoms with van der Waals surface area (Å²) in [5.74, 6) is -0.446. The van der Waals surface area contributed by atoms with Crippen LogP contribution >= 0.6 is 0 Å². The molecule has 1 heterocycles. The van der Waals surface area contributed by atoms with Crippen LogP contribution in [0.25, 0.3) is 0 Å². The zero-order valence-corrected chi connectivity index (χ0v) is 17.0. The molecule has 0 radical (unpaired) electrons. The lowest BCUT2D eigenvalue weighted by Gasteiger charge is -2.23. The third-order valence-electron chi connectivity index (χ3n) is 5.55. The number of carbonyl (C=O) groups is 1. The molecule has 2 aromatic carbocycles. The van der Waals surface area contributed by atoms with Crippen LogP contribution in [0, 0.1) is 11.8 Å². The summed E-state index contributed by atoms with van der Waals surface area (Å²) in [5, 5.41) is 0. The summed E-state index contributed by atoms with van der Waals surface area (Å²) >= 11 is 0. The van der Waals surface area contributed by atoms with E-state index in [0.717, 1.165) is 23.3 Å². The smallest absolute Gasteiger partial charge is 0.416 e. The van der Waals surface area contributed by atoms with Gasteiger partial charge in [0, 0.05) is 11.5 Å². The lowest BCUT2D eigenvalue weighted by atomic mass is 9.84. The molecule has 1 aliphatic heterocycles. The van der Waals surface area contributed by atoms with Crippen LogP contribution in [0.4, 0.5) is 13.2 Å². The van der Waals surface area contributed by atoms with Crippen LogP contribution in [0.3, 0.4) is 0 Å². The monoisotopic (exact) mass is 418 g/mol. The minimum Gasteiger partial charge on any atom is -0.462 e. The van der Waals surface area contributed by atoms with Crippen molar-refractivity contribution in [3.05, 3.63) is 82.9 Å². The molecule has 1 saturated heterocycles. The number of halogens is 3. The molecule has 3 atom stereocenters. The van der Waals surface area contributed by atoms with Crippen LogP contribution in [-0.2, 0) is 26.9 Å². The zero-order valence-electron chi connectivity index (χ0n) is 17.0. The summed E-state index contributed by atoms with van der Waals surface area (Å²) < 4.78 is 50.0. The predicted molar refractivity (Wildman–Crippen MR) is 108 cm³/mol. The maximum atomic E-state index is 12.8. The molecular formula is C24H25F3O3. The third-order valence-corrected chi connectivity index (χ3v) is 5.55. The van der Waals surface area contributed by atoms with Gasteiger partial charge >= 0.3 is 12.1 Å². The lowest BCUT2D eigenvalue weighted by Crippen LogP contribution is -2.24. The Kier molecular flexibility index (Phi) is 6.98. The van der Waals surface area contributed by atoms with Gasteiger partial charge in [-0.25, -0.2) is 4.79 Å². The molecule has 0 aliphatic carbocycles. The second-order valence-corrected chi connectivity index (χ2v) is 7.56. The molecule has 0 saturated carbocycles. The van der Waals surface area contributed by atoms with Crippen molar-refractivity contribution in [3.63, 3.8) is 0 Å². The molecule has 0 bridgehead atoms. The Bertz CT molecular complexity index is 873. The van der Waals surface area contributed by atoms with Gasteiger partial charge in [-0.1, -0.05) is 48.5 Å². The molecule has 0 unspecified atom stereocenters. The van der Waals surface area contributed by atoms with Gasteiger partial charge in [-0.05, 0) is 49.4 Å². The minimum absolute atomic E-state index is 0.0191. The van der Waals surface area contributed by atoms with Gasteiger partial charge in [0.2, 0.25) is 0 Å². The van der Waals surface area contributed by atoms with E-state index >= 15 is 0 Å². The predicted octanol–water partition coefficient (Wildman–Crippen LogP) is 5.76. The first-order valence-electron chi connectivity index (χ1n) is 9.92. The van der Waals surface area contributed by atoms with Gasteiger partial charge in [0.25, 0.3) is 0 Å². The van der Waals surface area contributed by atoms with Gasteiger partial charge in [-0.3, -0.25) is 0 Å². The van der Waals surface area contributed by atoms with Gasteiger partial charge in [-0.2, -0.15) is 13.2 Å². The molecule has 0 aromatic heterocycles. The van der Waals surface area contributed by atoms with Crippen molar-refractivity contribution < 1.29 is 27.4 Å². The van der Waals surface area contributed by atoms with Gasteiger partial charge in [0.1, 0.15) is 0 Å². The molecular weight excluding hydrogens is 393 g/mol. The van der Waals surface area contributed by atoms with Crippen LogP contribution in [-0.4, -0.2) is 19.2 Å². The second-order valence-electron chi connectivity index (χ2n) is 7.56. The van der Waals surface area contributed by atoms with E-state index < -0.39 is 11.7 Å². The Labute approximate surface area is 174 Å². The average molecular weight is 418 g/mol. The summed E-state index contributed by atoms with van der Waals surface area (Å²) in [6.07, 6.45) is -2.34. The third kappa shape index (κ3) is 5.30. The van der Waals surface area contributed by atoms with Gasteiger partial charge in [-0.15, -0.1) is 0 Å². The van der Waals surface area contributed by atoms with E-state index in [9.17, 15) is 18.0 Å². The molecule has 160 valence electrons. The summed E-state index contributed by atoms with van der Waals surface area (Å²) in [7, 11) is 0. The van der Waals surface area contributed by atoms with Gasteiger partial charge in [0.05, 0.1) is 24.9 Å². The quantitative estimate of drug-likeness (QED) is 0.442. The first kappa shape index (κ1) is 22.1. The van der Waals surface area contributed by atoms with Crippen molar-refractivity contribution in [3.8, 4) is 0 Å². The van der Waals surface area contributed by atoms with Crippen molar-refractivity contribution in [2.75, 3.05) is 13.2 Å². The zero-order chi connectivity index (χ0) is 21.7. The maximum Gasteiger partial charge on any atom is 0.416 e. The molecule has 2 aromatic rings. The Morgan fingerprint density at radius 2 is 1.80 bits per heavy atom. The number of ether oxygens (including phenoxy) is 2. The SMILES string of the molecule is C/C=C(/C)C(=O)OC[C@H]1[C@@H](Cc2ccc(C(F)(F)F)cc2)CO[C@@H]1c1ccccc1. The Morgan fingerprint density at radius 3 is 2.40 bits per heavy atom. The molecule has 6 heteroatoms. The van der Waals surface area contributed by atoms with Crippen molar-refractivity contribution in [2.45, 2.75) is 32.5 Å². The highest BCUT2D eigenvalue weighted by molar-refractivity contribution is 5.87.